The van der Waals surface area contributed by atoms with Crippen LogP contribution in [0.5, 0.6) is 11.5 Å². The van der Waals surface area contributed by atoms with Crippen molar-refractivity contribution in [1.29, 1.82) is 0 Å². The zero-order valence-electron chi connectivity index (χ0n) is 15.8. The van der Waals surface area contributed by atoms with Crippen LogP contribution in [0.2, 0.25) is 0 Å². The van der Waals surface area contributed by atoms with Crippen molar-refractivity contribution >= 4 is 17.4 Å². The summed E-state index contributed by atoms with van der Waals surface area (Å²) in [4.78, 5) is 23.5. The Hall–Kier alpha value is -2.83. The van der Waals surface area contributed by atoms with Gasteiger partial charge in [0.2, 0.25) is 5.91 Å². The predicted molar refractivity (Wildman–Crippen MR) is 104 cm³/mol. The first-order valence-electron chi connectivity index (χ1n) is 10.0. The highest BCUT2D eigenvalue weighted by molar-refractivity contribution is 5.93. The number of ether oxygens (including phenoxy) is 2. The molecule has 3 aliphatic rings. The van der Waals surface area contributed by atoms with E-state index >= 15 is 0 Å². The Kier molecular flexibility index (Phi) is 4.30. The van der Waals surface area contributed by atoms with Gasteiger partial charge in [-0.1, -0.05) is 0 Å². The van der Waals surface area contributed by atoms with E-state index in [2.05, 4.69) is 20.2 Å². The van der Waals surface area contributed by atoms with Gasteiger partial charge in [0.1, 0.15) is 5.82 Å². The molecule has 5 rings (SSSR count). The van der Waals surface area contributed by atoms with E-state index in [0.717, 1.165) is 68.1 Å². The minimum absolute atomic E-state index is 0.0306. The first-order chi connectivity index (χ1) is 13.7. The largest absolute Gasteiger partial charge is 0.448 e. The Morgan fingerprint density at radius 3 is 2.82 bits per heavy atom. The van der Waals surface area contributed by atoms with E-state index in [1.54, 1.807) is 18.6 Å². The fourth-order valence-corrected chi connectivity index (χ4v) is 4.39. The fraction of sp³-hybridized carbons (Fsp3) is 0.476. The lowest BCUT2D eigenvalue weighted by Gasteiger charge is -2.32. The number of anilines is 2. The van der Waals surface area contributed by atoms with Crippen molar-refractivity contribution in [2.75, 3.05) is 23.3 Å². The topological polar surface area (TPSA) is 76.6 Å². The number of carbonyl (C=O) groups excluding carboxylic acids is 1. The highest BCUT2D eigenvalue weighted by atomic mass is 16.7. The lowest BCUT2D eigenvalue weighted by atomic mass is 9.97. The van der Waals surface area contributed by atoms with Gasteiger partial charge in [0.05, 0.1) is 12.1 Å². The Labute approximate surface area is 164 Å². The van der Waals surface area contributed by atoms with Gasteiger partial charge < -0.3 is 19.7 Å². The van der Waals surface area contributed by atoms with Crippen molar-refractivity contribution in [3.8, 4) is 11.5 Å². The number of nitrogens with one attached hydrogen (secondary N) is 1. The molecule has 2 aromatic rings. The molecule has 3 heterocycles. The van der Waals surface area contributed by atoms with Gasteiger partial charge in [0.25, 0.3) is 5.79 Å². The molecule has 2 fully saturated rings. The van der Waals surface area contributed by atoms with E-state index in [1.807, 2.05) is 18.2 Å². The van der Waals surface area contributed by atoms with Crippen molar-refractivity contribution in [2.24, 2.45) is 5.92 Å². The molecule has 0 radical (unpaired) electrons. The number of fused-ring (bicyclic) bond motifs is 1. The first-order valence-corrected chi connectivity index (χ1v) is 10.0. The van der Waals surface area contributed by atoms with Crippen LogP contribution in [-0.2, 0) is 4.79 Å². The summed E-state index contributed by atoms with van der Waals surface area (Å²) in [6.07, 6.45) is 11.0. The molecule has 1 N–H and O–H groups in total. The van der Waals surface area contributed by atoms with Crippen LogP contribution >= 0.6 is 0 Å². The minimum atomic E-state index is -0.481. The molecule has 1 saturated carbocycles. The maximum absolute atomic E-state index is 12.8. The van der Waals surface area contributed by atoms with E-state index in [9.17, 15) is 4.79 Å². The molecule has 1 saturated heterocycles. The number of hydrogen-bond acceptors (Lipinski definition) is 6. The molecule has 1 atom stereocenters. The van der Waals surface area contributed by atoms with Crippen LogP contribution in [0.1, 0.15) is 38.5 Å². The van der Waals surface area contributed by atoms with Crippen LogP contribution in [0.25, 0.3) is 0 Å². The Morgan fingerprint density at radius 2 is 2.00 bits per heavy atom. The van der Waals surface area contributed by atoms with E-state index in [-0.39, 0.29) is 11.8 Å². The van der Waals surface area contributed by atoms with Crippen LogP contribution in [0, 0.1) is 5.92 Å². The molecule has 0 bridgehead atoms. The quantitative estimate of drug-likeness (QED) is 0.880. The number of aromatic nitrogens is 2. The summed E-state index contributed by atoms with van der Waals surface area (Å²) in [5, 5.41) is 3.06. The second-order valence-electron chi connectivity index (χ2n) is 7.82. The van der Waals surface area contributed by atoms with Crippen molar-refractivity contribution in [3.05, 3.63) is 36.8 Å². The summed E-state index contributed by atoms with van der Waals surface area (Å²) in [5.41, 5.74) is 0.749. The average Bonchev–Trinajstić information content (AvgIpc) is 3.34. The third kappa shape index (κ3) is 3.25. The summed E-state index contributed by atoms with van der Waals surface area (Å²) in [7, 11) is 0. The molecule has 7 nitrogen and oxygen atoms in total. The summed E-state index contributed by atoms with van der Waals surface area (Å²) in [6.45, 7) is 1.55. The molecule has 2 aliphatic heterocycles. The molecule has 1 aromatic heterocycles. The van der Waals surface area contributed by atoms with Crippen LogP contribution < -0.4 is 19.7 Å². The SMILES string of the molecule is O=C(Nc1ccc2c(c1)OC1(CCCC1)O2)C1CCCN(c2cnccn2)C1. The Bertz CT molecular complexity index is 867. The molecule has 1 aromatic carbocycles. The molecular weight excluding hydrogens is 356 g/mol. The zero-order chi connectivity index (χ0) is 19.0. The van der Waals surface area contributed by atoms with Crippen molar-refractivity contribution in [1.82, 2.24) is 9.97 Å². The van der Waals surface area contributed by atoms with E-state index < -0.39 is 5.79 Å². The van der Waals surface area contributed by atoms with Gasteiger partial charge >= 0.3 is 0 Å². The average molecular weight is 380 g/mol. The number of carbonyl (C=O) groups is 1. The summed E-state index contributed by atoms with van der Waals surface area (Å²) >= 11 is 0. The fourth-order valence-electron chi connectivity index (χ4n) is 4.39. The van der Waals surface area contributed by atoms with Crippen LogP contribution in [-0.4, -0.2) is 34.8 Å². The molecule has 1 unspecified atom stereocenters. The van der Waals surface area contributed by atoms with Crippen LogP contribution in [0.4, 0.5) is 11.5 Å². The molecule has 1 spiro atoms. The third-order valence-electron chi connectivity index (χ3n) is 5.83. The number of rotatable bonds is 3. The Morgan fingerprint density at radius 1 is 1.14 bits per heavy atom. The second kappa shape index (κ2) is 6.96. The predicted octanol–water partition coefficient (Wildman–Crippen LogP) is 3.37. The van der Waals surface area contributed by atoms with Gasteiger partial charge in [-0.25, -0.2) is 4.98 Å². The number of benzene rings is 1. The molecule has 7 heteroatoms. The molecule has 28 heavy (non-hydrogen) atoms. The van der Waals surface area contributed by atoms with Gasteiger partial charge in [0.15, 0.2) is 11.5 Å². The molecule has 1 amide bonds. The molecule has 146 valence electrons. The number of piperidine rings is 1. The molecule has 1 aliphatic carbocycles. The van der Waals surface area contributed by atoms with Gasteiger partial charge in [-0.3, -0.25) is 9.78 Å². The van der Waals surface area contributed by atoms with E-state index in [1.165, 1.54) is 0 Å². The number of hydrogen-bond donors (Lipinski definition) is 1. The van der Waals surface area contributed by atoms with E-state index in [0.29, 0.717) is 6.54 Å². The van der Waals surface area contributed by atoms with Gasteiger partial charge in [-0.2, -0.15) is 0 Å². The van der Waals surface area contributed by atoms with Gasteiger partial charge in [0, 0.05) is 50.1 Å². The summed E-state index contributed by atoms with van der Waals surface area (Å²) < 4.78 is 12.1. The summed E-state index contributed by atoms with van der Waals surface area (Å²) in [6, 6.07) is 5.66. The van der Waals surface area contributed by atoms with Gasteiger partial charge in [-0.15, -0.1) is 0 Å². The van der Waals surface area contributed by atoms with Crippen molar-refractivity contribution < 1.29 is 14.3 Å². The highest BCUT2D eigenvalue weighted by Gasteiger charge is 2.44. The first kappa shape index (κ1) is 17.3. The van der Waals surface area contributed by atoms with Crippen molar-refractivity contribution in [3.63, 3.8) is 0 Å². The number of nitrogens with zero attached hydrogens (tertiary/aromatic N) is 3. The number of amides is 1. The lowest BCUT2D eigenvalue weighted by molar-refractivity contribution is -0.120. The monoisotopic (exact) mass is 380 g/mol. The van der Waals surface area contributed by atoms with E-state index in [4.69, 9.17) is 9.47 Å². The normalized spacial score (nSPS) is 22.4. The van der Waals surface area contributed by atoms with Crippen molar-refractivity contribution in [2.45, 2.75) is 44.3 Å². The maximum atomic E-state index is 12.8. The van der Waals surface area contributed by atoms with Gasteiger partial charge in [-0.05, 0) is 37.8 Å². The smallest absolute Gasteiger partial charge is 0.251 e. The van der Waals surface area contributed by atoms with Crippen LogP contribution in [0.15, 0.2) is 36.8 Å². The third-order valence-corrected chi connectivity index (χ3v) is 5.83. The maximum Gasteiger partial charge on any atom is 0.251 e. The second-order valence-corrected chi connectivity index (χ2v) is 7.82. The highest BCUT2D eigenvalue weighted by Crippen LogP contribution is 2.47. The summed E-state index contributed by atoms with van der Waals surface area (Å²) in [5.74, 6) is 1.79. The Balaban J connectivity index is 1.25. The van der Waals surface area contributed by atoms with Crippen LogP contribution in [0.3, 0.4) is 0 Å². The molecular formula is C21H24N4O3. The lowest BCUT2D eigenvalue weighted by Crippen LogP contribution is -2.41. The standard InChI is InChI=1S/C21H24N4O3/c26-20(15-4-3-11-25(14-15)19-13-22-9-10-23-19)24-16-5-6-17-18(12-16)28-21(27-17)7-1-2-8-21/h5-6,9-10,12-13,15H,1-4,7-8,11,14H2,(H,24,26). The zero-order valence-corrected chi connectivity index (χ0v) is 15.8. The minimum Gasteiger partial charge on any atom is -0.448 e.